The second-order valence-electron chi connectivity index (χ2n) is 12.8. The molecule has 3 fully saturated rings. The highest BCUT2D eigenvalue weighted by molar-refractivity contribution is 6.31. The lowest BCUT2D eigenvalue weighted by Crippen LogP contribution is -2.48. The van der Waals surface area contributed by atoms with Crippen molar-refractivity contribution in [2.45, 2.75) is 90.3 Å². The molecule has 2 aromatic rings. The predicted octanol–water partition coefficient (Wildman–Crippen LogP) is 4.86. The predicted molar refractivity (Wildman–Crippen MR) is 146 cm³/mol. The lowest BCUT2D eigenvalue weighted by atomic mass is 9.88. The van der Waals surface area contributed by atoms with Gasteiger partial charge in [-0.3, -0.25) is 9.59 Å². The van der Waals surface area contributed by atoms with E-state index in [0.29, 0.717) is 54.7 Å². The van der Waals surface area contributed by atoms with Crippen LogP contribution in [0.1, 0.15) is 86.8 Å². The van der Waals surface area contributed by atoms with Crippen molar-refractivity contribution < 1.29 is 18.7 Å². The number of fused-ring (bicyclic) bond motifs is 2. The van der Waals surface area contributed by atoms with Crippen molar-refractivity contribution >= 4 is 23.4 Å². The van der Waals surface area contributed by atoms with Gasteiger partial charge in [0.05, 0.1) is 11.7 Å². The maximum Gasteiger partial charge on any atom is 0.226 e. The molecule has 40 heavy (non-hydrogen) atoms. The van der Waals surface area contributed by atoms with Gasteiger partial charge in [0.25, 0.3) is 0 Å². The van der Waals surface area contributed by atoms with E-state index in [2.05, 4.69) is 17.2 Å². The molecule has 1 aromatic carbocycles. The summed E-state index contributed by atoms with van der Waals surface area (Å²) in [7, 11) is 0. The Labute approximate surface area is 239 Å². The van der Waals surface area contributed by atoms with Crippen molar-refractivity contribution in [1.29, 1.82) is 0 Å². The Bertz CT molecular complexity index is 1360. The number of ether oxygens (including phenoxy) is 1. The second kappa shape index (κ2) is 10.00. The monoisotopic (exact) mass is 569 g/mol. The average Bonchev–Trinajstić information content (AvgIpc) is 3.22. The summed E-state index contributed by atoms with van der Waals surface area (Å²) in [6, 6.07) is 0.809. The fraction of sp³-hybridized carbons (Fsp3) is 0.667. The third-order valence-corrected chi connectivity index (χ3v) is 10.5. The first kappa shape index (κ1) is 26.2. The van der Waals surface area contributed by atoms with Crippen LogP contribution in [0.5, 0.6) is 5.75 Å². The second-order valence-corrected chi connectivity index (χ2v) is 13.2. The molecule has 214 valence electrons. The van der Waals surface area contributed by atoms with Gasteiger partial charge in [-0.25, -0.2) is 9.07 Å². The molecule has 1 aromatic heterocycles. The molecule has 7 rings (SSSR count). The van der Waals surface area contributed by atoms with Gasteiger partial charge in [-0.15, -0.1) is 5.10 Å². The van der Waals surface area contributed by atoms with Gasteiger partial charge in [-0.05, 0) is 74.3 Å². The molecule has 0 bridgehead atoms. The topological polar surface area (TPSA) is 80.6 Å². The number of carbonyl (C=O) groups is 2. The fourth-order valence-corrected chi connectivity index (χ4v) is 7.92. The number of rotatable bonds is 6. The van der Waals surface area contributed by atoms with Crippen LogP contribution in [0.3, 0.4) is 0 Å². The Morgan fingerprint density at radius 1 is 1.20 bits per heavy atom. The summed E-state index contributed by atoms with van der Waals surface area (Å²) in [6.45, 7) is 4.59. The molecule has 1 spiro atoms. The number of nitrogens with zero attached hydrogens (tertiary/aromatic N) is 5. The quantitative estimate of drug-likeness (QED) is 0.496. The Balaban J connectivity index is 1.26. The summed E-state index contributed by atoms with van der Waals surface area (Å²) in [6.07, 6.45) is 9.16. The average molecular weight is 570 g/mol. The Hall–Kier alpha value is -2.68. The summed E-state index contributed by atoms with van der Waals surface area (Å²) in [5.41, 5.74) is 3.27. The zero-order chi connectivity index (χ0) is 27.6. The zero-order valence-electron chi connectivity index (χ0n) is 23.1. The molecule has 2 aliphatic carbocycles. The van der Waals surface area contributed by atoms with Crippen LogP contribution in [-0.2, 0) is 35.6 Å². The highest BCUT2D eigenvalue weighted by atomic mass is 35.5. The number of carbonyl (C=O) groups excluding carboxylic acids is 2. The van der Waals surface area contributed by atoms with E-state index in [4.69, 9.17) is 16.3 Å². The molecule has 3 atom stereocenters. The number of amides is 2. The minimum absolute atomic E-state index is 0.0513. The van der Waals surface area contributed by atoms with Crippen LogP contribution in [-0.4, -0.2) is 56.2 Å². The van der Waals surface area contributed by atoms with Crippen molar-refractivity contribution in [2.75, 3.05) is 19.6 Å². The van der Waals surface area contributed by atoms with Crippen molar-refractivity contribution in [3.8, 4) is 5.75 Å². The molecule has 3 aliphatic heterocycles. The molecule has 2 saturated carbocycles. The fourth-order valence-electron chi connectivity index (χ4n) is 7.63. The molecule has 4 heterocycles. The molecule has 2 amide bonds. The van der Waals surface area contributed by atoms with E-state index in [1.165, 1.54) is 6.07 Å². The van der Waals surface area contributed by atoms with Gasteiger partial charge in [-0.1, -0.05) is 30.2 Å². The van der Waals surface area contributed by atoms with Gasteiger partial charge in [-0.2, -0.15) is 0 Å². The summed E-state index contributed by atoms with van der Waals surface area (Å²) < 4.78 is 23.9. The van der Waals surface area contributed by atoms with Gasteiger partial charge < -0.3 is 14.5 Å². The van der Waals surface area contributed by atoms with Crippen molar-refractivity contribution in [3.05, 3.63) is 39.4 Å². The highest BCUT2D eigenvalue weighted by Gasteiger charge is 2.53. The molecule has 0 radical (unpaired) electrons. The smallest absolute Gasteiger partial charge is 0.226 e. The maximum atomic E-state index is 15.8. The van der Waals surface area contributed by atoms with E-state index >= 15 is 4.39 Å². The van der Waals surface area contributed by atoms with Gasteiger partial charge in [0.2, 0.25) is 11.8 Å². The van der Waals surface area contributed by atoms with E-state index in [1.807, 2.05) is 14.5 Å². The molecule has 0 unspecified atom stereocenters. The summed E-state index contributed by atoms with van der Waals surface area (Å²) in [5.74, 6) is 0.0456. The maximum absolute atomic E-state index is 15.8. The first-order valence-corrected chi connectivity index (χ1v) is 15.3. The Morgan fingerprint density at radius 3 is 2.80 bits per heavy atom. The summed E-state index contributed by atoms with van der Waals surface area (Å²) >= 11 is 6.65. The van der Waals surface area contributed by atoms with E-state index in [1.54, 1.807) is 0 Å². The molecule has 10 heteroatoms. The Kier molecular flexibility index (Phi) is 6.56. The minimum atomic E-state index is -0.551. The van der Waals surface area contributed by atoms with E-state index in [9.17, 15) is 9.59 Å². The van der Waals surface area contributed by atoms with Gasteiger partial charge in [0.1, 0.15) is 12.3 Å². The molecule has 8 nitrogen and oxygen atoms in total. The van der Waals surface area contributed by atoms with Crippen LogP contribution in [0.15, 0.2) is 6.07 Å². The molecule has 1 saturated heterocycles. The first-order chi connectivity index (χ1) is 19.3. The molecule has 0 N–H and O–H groups in total. The lowest BCUT2D eigenvalue weighted by molar-refractivity contribution is -0.141. The lowest BCUT2D eigenvalue weighted by Gasteiger charge is -2.42. The normalized spacial score (nSPS) is 26.8. The zero-order valence-corrected chi connectivity index (χ0v) is 23.9. The standard InChI is InChI=1S/C30H37ClFN5O3/c1-18-5-4-6-19(18)29(39)36-12-8-20-21(31)13-22(32)28(40-16-23-24-7-2-3-11-37(24)34-33-23)27(20)25(36)15-35-17-30(9-10-30)14-26(35)38/h13,18-19,25H,2-12,14-17H2,1H3/t18-,19+,25+/m0/s1. The van der Waals surface area contributed by atoms with Crippen LogP contribution in [0.25, 0.3) is 0 Å². The molecular formula is C30H37ClFN5O3. The Morgan fingerprint density at radius 2 is 2.05 bits per heavy atom. The van der Waals surface area contributed by atoms with Crippen LogP contribution in [0.4, 0.5) is 4.39 Å². The van der Waals surface area contributed by atoms with Crippen LogP contribution in [0, 0.1) is 23.1 Å². The number of likely N-dealkylation sites (tertiary alicyclic amines) is 1. The van der Waals surface area contributed by atoms with E-state index in [-0.39, 0.29) is 35.5 Å². The summed E-state index contributed by atoms with van der Waals surface area (Å²) in [5, 5.41) is 8.94. The van der Waals surface area contributed by atoms with Crippen LogP contribution in [0.2, 0.25) is 5.02 Å². The number of aromatic nitrogens is 3. The van der Waals surface area contributed by atoms with Crippen molar-refractivity contribution in [3.63, 3.8) is 0 Å². The third-order valence-electron chi connectivity index (χ3n) is 10.2. The van der Waals surface area contributed by atoms with Crippen LogP contribution >= 0.6 is 11.6 Å². The molecular weight excluding hydrogens is 533 g/mol. The first-order valence-electron chi connectivity index (χ1n) is 15.0. The van der Waals surface area contributed by atoms with Gasteiger partial charge in [0, 0.05) is 49.1 Å². The third kappa shape index (κ3) is 4.48. The minimum Gasteiger partial charge on any atom is -0.484 e. The number of benzene rings is 1. The number of hydrogen-bond donors (Lipinski definition) is 0. The number of aryl methyl sites for hydroxylation is 1. The van der Waals surface area contributed by atoms with Crippen LogP contribution < -0.4 is 4.74 Å². The van der Waals surface area contributed by atoms with Gasteiger partial charge >= 0.3 is 0 Å². The van der Waals surface area contributed by atoms with Gasteiger partial charge in [0.15, 0.2) is 11.6 Å². The summed E-state index contributed by atoms with van der Waals surface area (Å²) in [4.78, 5) is 31.0. The van der Waals surface area contributed by atoms with Crippen molar-refractivity contribution in [1.82, 2.24) is 24.8 Å². The number of halogens is 2. The SMILES string of the molecule is C[C@H]1CCC[C@H]1C(=O)N1CCc2c(Cl)cc(F)c(OCc3nnn4c3CCCC4)c2[C@H]1CN1CC2(CC2)CC1=O. The largest absolute Gasteiger partial charge is 0.484 e. The highest BCUT2D eigenvalue weighted by Crippen LogP contribution is 2.54. The number of hydrogen-bond acceptors (Lipinski definition) is 5. The van der Waals surface area contributed by atoms with E-state index in [0.717, 1.165) is 69.2 Å². The van der Waals surface area contributed by atoms with E-state index < -0.39 is 11.9 Å². The van der Waals surface area contributed by atoms with Crippen molar-refractivity contribution in [2.24, 2.45) is 17.3 Å². The molecule has 5 aliphatic rings.